The molecule has 1 aromatic carbocycles. The molecule has 0 radical (unpaired) electrons. The summed E-state index contributed by atoms with van der Waals surface area (Å²) in [5, 5.41) is 3.44. The Hall–Kier alpha value is -1.87. The summed E-state index contributed by atoms with van der Waals surface area (Å²) in [5.74, 6) is -0.166. The molecule has 0 bridgehead atoms. The third-order valence-corrected chi connectivity index (χ3v) is 3.00. The van der Waals surface area contributed by atoms with Gasteiger partial charge in [-0.15, -0.1) is 0 Å². The van der Waals surface area contributed by atoms with Crippen LogP contribution < -0.4 is 5.32 Å². The molecule has 0 aliphatic carbocycles. The molecule has 2 aromatic rings. The van der Waals surface area contributed by atoms with Gasteiger partial charge in [-0.2, -0.15) is 0 Å². The highest BCUT2D eigenvalue weighted by Crippen LogP contribution is 2.20. The second-order valence-electron chi connectivity index (χ2n) is 4.10. The molecule has 0 aliphatic rings. The van der Waals surface area contributed by atoms with E-state index in [0.717, 1.165) is 11.3 Å². The van der Waals surface area contributed by atoms with Crippen molar-refractivity contribution in [2.75, 3.05) is 5.32 Å². The number of anilines is 1. The maximum absolute atomic E-state index is 12.0. The van der Waals surface area contributed by atoms with Gasteiger partial charge in [-0.1, -0.05) is 17.7 Å². The Morgan fingerprint density at radius 2 is 2.00 bits per heavy atom. The van der Waals surface area contributed by atoms with Crippen LogP contribution in [0.15, 0.2) is 36.5 Å². The van der Waals surface area contributed by atoms with Crippen LogP contribution in [0.25, 0.3) is 0 Å². The normalized spacial score (nSPS) is 10.2. The number of aryl methyl sites for hydroxylation is 2. The van der Waals surface area contributed by atoms with Crippen molar-refractivity contribution in [1.82, 2.24) is 4.98 Å². The summed E-state index contributed by atoms with van der Waals surface area (Å²) in [4.78, 5) is 16.0. The first-order valence-electron chi connectivity index (χ1n) is 5.56. The number of carbonyl (C=O) groups is 1. The Balaban J connectivity index is 2.18. The fraction of sp³-hybridized carbons (Fsp3) is 0.143. The predicted molar refractivity (Wildman–Crippen MR) is 73.1 cm³/mol. The largest absolute Gasteiger partial charge is 0.322 e. The molecule has 0 fully saturated rings. The lowest BCUT2D eigenvalue weighted by Gasteiger charge is -2.07. The van der Waals surface area contributed by atoms with Crippen molar-refractivity contribution in [2.45, 2.75) is 13.8 Å². The molecule has 2 rings (SSSR count). The van der Waals surface area contributed by atoms with Crippen molar-refractivity contribution >= 4 is 23.2 Å². The van der Waals surface area contributed by atoms with E-state index in [1.807, 2.05) is 26.0 Å². The lowest BCUT2D eigenvalue weighted by molar-refractivity contribution is 0.102. The molecule has 1 N–H and O–H groups in total. The number of benzene rings is 1. The SMILES string of the molecule is Cc1cc(C(=O)Nc2ccc(C)c(Cl)c2)ccn1. The number of nitrogens with zero attached hydrogens (tertiary/aromatic N) is 1. The average Bonchev–Trinajstić information content (AvgIpc) is 2.34. The minimum Gasteiger partial charge on any atom is -0.322 e. The van der Waals surface area contributed by atoms with Gasteiger partial charge >= 0.3 is 0 Å². The highest BCUT2D eigenvalue weighted by molar-refractivity contribution is 6.31. The van der Waals surface area contributed by atoms with E-state index in [1.165, 1.54) is 0 Å². The quantitative estimate of drug-likeness (QED) is 0.896. The van der Waals surface area contributed by atoms with Crippen LogP contribution in [0.2, 0.25) is 5.02 Å². The van der Waals surface area contributed by atoms with Gasteiger partial charge in [0.25, 0.3) is 5.91 Å². The maximum Gasteiger partial charge on any atom is 0.255 e. The Labute approximate surface area is 111 Å². The number of carbonyl (C=O) groups excluding carboxylic acids is 1. The van der Waals surface area contributed by atoms with Crippen molar-refractivity contribution in [3.05, 3.63) is 58.4 Å². The molecule has 1 amide bonds. The second-order valence-corrected chi connectivity index (χ2v) is 4.51. The third kappa shape index (κ3) is 2.87. The molecule has 1 aromatic heterocycles. The fourth-order valence-electron chi connectivity index (χ4n) is 1.56. The van der Waals surface area contributed by atoms with Gasteiger partial charge in [0.15, 0.2) is 0 Å². The van der Waals surface area contributed by atoms with E-state index in [9.17, 15) is 4.79 Å². The van der Waals surface area contributed by atoms with Gasteiger partial charge < -0.3 is 5.32 Å². The van der Waals surface area contributed by atoms with Crippen molar-refractivity contribution in [1.29, 1.82) is 0 Å². The summed E-state index contributed by atoms with van der Waals surface area (Å²) in [6, 6.07) is 8.86. The Morgan fingerprint density at radius 3 is 2.67 bits per heavy atom. The summed E-state index contributed by atoms with van der Waals surface area (Å²) >= 11 is 6.01. The number of hydrogen-bond donors (Lipinski definition) is 1. The Bertz CT molecular complexity index is 596. The highest BCUT2D eigenvalue weighted by atomic mass is 35.5. The average molecular weight is 261 g/mol. The molecule has 92 valence electrons. The van der Waals surface area contributed by atoms with Gasteiger partial charge in [-0.05, 0) is 43.7 Å². The van der Waals surface area contributed by atoms with Crippen LogP contribution in [-0.2, 0) is 0 Å². The van der Waals surface area contributed by atoms with E-state index in [1.54, 1.807) is 24.4 Å². The first-order valence-corrected chi connectivity index (χ1v) is 5.94. The van der Waals surface area contributed by atoms with Crippen LogP contribution in [0.3, 0.4) is 0 Å². The van der Waals surface area contributed by atoms with Crippen LogP contribution in [0.1, 0.15) is 21.6 Å². The standard InChI is InChI=1S/C14H13ClN2O/c1-9-3-4-12(8-13(9)15)17-14(18)11-5-6-16-10(2)7-11/h3-8H,1-2H3,(H,17,18). The lowest BCUT2D eigenvalue weighted by atomic mass is 10.2. The second kappa shape index (κ2) is 5.19. The maximum atomic E-state index is 12.0. The number of pyridine rings is 1. The number of aromatic nitrogens is 1. The van der Waals surface area contributed by atoms with E-state index in [4.69, 9.17) is 11.6 Å². The van der Waals surface area contributed by atoms with Crippen LogP contribution in [-0.4, -0.2) is 10.9 Å². The zero-order valence-electron chi connectivity index (χ0n) is 10.2. The van der Waals surface area contributed by atoms with Gasteiger partial charge in [0.1, 0.15) is 0 Å². The molecular formula is C14H13ClN2O. The monoisotopic (exact) mass is 260 g/mol. The molecule has 3 nitrogen and oxygen atoms in total. The summed E-state index contributed by atoms with van der Waals surface area (Å²) in [6.07, 6.45) is 1.62. The van der Waals surface area contributed by atoms with Crippen LogP contribution >= 0.6 is 11.6 Å². The van der Waals surface area contributed by atoms with Gasteiger partial charge in [0, 0.05) is 28.2 Å². The number of rotatable bonds is 2. The Morgan fingerprint density at radius 1 is 1.22 bits per heavy atom. The van der Waals surface area contributed by atoms with Crippen molar-refractivity contribution in [2.24, 2.45) is 0 Å². The van der Waals surface area contributed by atoms with Gasteiger partial charge in [-0.25, -0.2) is 0 Å². The summed E-state index contributed by atoms with van der Waals surface area (Å²) in [5.41, 5.74) is 3.06. The van der Waals surface area contributed by atoms with Crippen molar-refractivity contribution < 1.29 is 4.79 Å². The van der Waals surface area contributed by atoms with Crippen LogP contribution in [0.5, 0.6) is 0 Å². The smallest absolute Gasteiger partial charge is 0.255 e. The third-order valence-electron chi connectivity index (χ3n) is 2.59. The molecule has 0 saturated carbocycles. The van der Waals surface area contributed by atoms with Gasteiger partial charge in [0.2, 0.25) is 0 Å². The molecule has 1 heterocycles. The number of amides is 1. The van der Waals surface area contributed by atoms with E-state index >= 15 is 0 Å². The minimum atomic E-state index is -0.166. The number of hydrogen-bond acceptors (Lipinski definition) is 2. The van der Waals surface area contributed by atoms with E-state index < -0.39 is 0 Å². The number of halogens is 1. The molecular weight excluding hydrogens is 248 g/mol. The highest BCUT2D eigenvalue weighted by Gasteiger charge is 2.07. The molecule has 0 aliphatic heterocycles. The predicted octanol–water partition coefficient (Wildman–Crippen LogP) is 3.60. The lowest BCUT2D eigenvalue weighted by Crippen LogP contribution is -2.12. The number of nitrogens with one attached hydrogen (secondary N) is 1. The van der Waals surface area contributed by atoms with E-state index in [-0.39, 0.29) is 5.91 Å². The van der Waals surface area contributed by atoms with Gasteiger partial charge in [0.05, 0.1) is 0 Å². The molecule has 0 atom stereocenters. The molecule has 4 heteroatoms. The summed E-state index contributed by atoms with van der Waals surface area (Å²) in [7, 11) is 0. The Kier molecular flexibility index (Phi) is 3.63. The van der Waals surface area contributed by atoms with Gasteiger partial charge in [-0.3, -0.25) is 9.78 Å². The van der Waals surface area contributed by atoms with Crippen LogP contribution in [0.4, 0.5) is 5.69 Å². The van der Waals surface area contributed by atoms with E-state index in [0.29, 0.717) is 16.3 Å². The fourth-order valence-corrected chi connectivity index (χ4v) is 1.74. The first kappa shape index (κ1) is 12.6. The summed E-state index contributed by atoms with van der Waals surface area (Å²) < 4.78 is 0. The minimum absolute atomic E-state index is 0.166. The molecule has 0 saturated heterocycles. The molecule has 0 unspecified atom stereocenters. The summed E-state index contributed by atoms with van der Waals surface area (Å²) in [6.45, 7) is 3.76. The van der Waals surface area contributed by atoms with Crippen molar-refractivity contribution in [3.63, 3.8) is 0 Å². The van der Waals surface area contributed by atoms with E-state index in [2.05, 4.69) is 10.3 Å². The molecule has 0 spiro atoms. The van der Waals surface area contributed by atoms with Crippen molar-refractivity contribution in [3.8, 4) is 0 Å². The zero-order chi connectivity index (χ0) is 13.1. The van der Waals surface area contributed by atoms with Crippen LogP contribution in [0, 0.1) is 13.8 Å². The zero-order valence-corrected chi connectivity index (χ0v) is 11.0. The first-order chi connectivity index (χ1) is 8.56. The molecule has 18 heavy (non-hydrogen) atoms. The topological polar surface area (TPSA) is 42.0 Å².